The van der Waals surface area contributed by atoms with E-state index in [1.807, 2.05) is 18.2 Å². The number of nitrogens with one attached hydrogen (secondary N) is 1. The predicted molar refractivity (Wildman–Crippen MR) is 55.7 cm³/mol. The molecule has 0 aromatic carbocycles. The normalized spacial score (nSPS) is 9.86. The zero-order chi connectivity index (χ0) is 10.4. The van der Waals surface area contributed by atoms with Crippen molar-refractivity contribution in [3.63, 3.8) is 0 Å². The first-order valence-corrected chi connectivity index (χ1v) is 4.90. The fourth-order valence-electron chi connectivity index (χ4n) is 0.914. The Hall–Kier alpha value is -0.940. The zero-order valence-electron chi connectivity index (χ0n) is 7.79. The van der Waals surface area contributed by atoms with Gasteiger partial charge in [-0.05, 0) is 28.1 Å². The topological polar surface area (TPSA) is 51.2 Å². The number of carbonyl (C=O) groups excluding carboxylic acids is 1. The average molecular weight is 259 g/mol. The minimum Gasteiger partial charge on any atom is -0.468 e. The molecule has 0 aliphatic heterocycles. The van der Waals surface area contributed by atoms with Gasteiger partial charge in [0.2, 0.25) is 0 Å². The van der Waals surface area contributed by atoms with Crippen LogP contribution in [0.15, 0.2) is 22.8 Å². The van der Waals surface area contributed by atoms with E-state index in [0.717, 1.165) is 10.3 Å². The maximum absolute atomic E-state index is 10.8. The van der Waals surface area contributed by atoms with Gasteiger partial charge in [0.05, 0.1) is 19.3 Å². The highest BCUT2D eigenvalue weighted by Gasteiger charge is 1.99. The van der Waals surface area contributed by atoms with E-state index in [2.05, 4.69) is 31.0 Å². The van der Waals surface area contributed by atoms with Crippen molar-refractivity contribution in [3.05, 3.63) is 28.5 Å². The first-order valence-electron chi connectivity index (χ1n) is 4.11. The predicted octanol–water partition coefficient (Wildman–Crippen LogP) is 1.11. The third-order valence-corrected chi connectivity index (χ3v) is 2.02. The molecule has 0 spiro atoms. The second-order valence-electron chi connectivity index (χ2n) is 2.63. The molecule has 0 saturated heterocycles. The molecule has 76 valence electrons. The van der Waals surface area contributed by atoms with Gasteiger partial charge in [-0.3, -0.25) is 4.79 Å². The molecule has 0 fully saturated rings. The number of methoxy groups -OCH3 is 1. The number of nitrogens with zero attached hydrogens (tertiary/aromatic N) is 1. The first kappa shape index (κ1) is 11.1. The fourth-order valence-corrected chi connectivity index (χ4v) is 1.29. The van der Waals surface area contributed by atoms with Gasteiger partial charge in [0.25, 0.3) is 0 Å². The van der Waals surface area contributed by atoms with Gasteiger partial charge in [-0.2, -0.15) is 0 Å². The minimum absolute atomic E-state index is 0.199. The number of halogens is 1. The SMILES string of the molecule is COC(=O)CNCc1cccc(Br)n1. The van der Waals surface area contributed by atoms with E-state index in [4.69, 9.17) is 0 Å². The second-order valence-corrected chi connectivity index (χ2v) is 3.44. The van der Waals surface area contributed by atoms with Crippen LogP contribution in [0.3, 0.4) is 0 Å². The van der Waals surface area contributed by atoms with Crippen LogP contribution in [0.5, 0.6) is 0 Å². The van der Waals surface area contributed by atoms with E-state index in [9.17, 15) is 4.79 Å². The van der Waals surface area contributed by atoms with E-state index in [0.29, 0.717) is 6.54 Å². The van der Waals surface area contributed by atoms with Gasteiger partial charge < -0.3 is 10.1 Å². The lowest BCUT2D eigenvalue weighted by Crippen LogP contribution is -2.23. The number of hydrogen-bond donors (Lipinski definition) is 1. The van der Waals surface area contributed by atoms with Crippen LogP contribution in [0.2, 0.25) is 0 Å². The molecule has 1 aromatic heterocycles. The number of pyridine rings is 1. The highest BCUT2D eigenvalue weighted by molar-refractivity contribution is 9.10. The second kappa shape index (κ2) is 5.72. The van der Waals surface area contributed by atoms with Crippen molar-refractivity contribution in [2.45, 2.75) is 6.54 Å². The van der Waals surface area contributed by atoms with Crippen molar-refractivity contribution in [1.29, 1.82) is 0 Å². The number of ether oxygens (including phenoxy) is 1. The number of rotatable bonds is 4. The minimum atomic E-state index is -0.278. The van der Waals surface area contributed by atoms with Gasteiger partial charge in [0.15, 0.2) is 0 Å². The quantitative estimate of drug-likeness (QED) is 0.650. The van der Waals surface area contributed by atoms with Gasteiger partial charge in [-0.1, -0.05) is 6.07 Å². The van der Waals surface area contributed by atoms with E-state index >= 15 is 0 Å². The highest BCUT2D eigenvalue weighted by atomic mass is 79.9. The van der Waals surface area contributed by atoms with Crippen molar-refractivity contribution < 1.29 is 9.53 Å². The van der Waals surface area contributed by atoms with E-state index in [-0.39, 0.29) is 12.5 Å². The number of esters is 1. The lowest BCUT2D eigenvalue weighted by atomic mass is 10.3. The molecule has 0 aliphatic carbocycles. The molecule has 14 heavy (non-hydrogen) atoms. The molecule has 5 heteroatoms. The molecule has 0 bridgehead atoms. The van der Waals surface area contributed by atoms with Crippen molar-refractivity contribution in [3.8, 4) is 0 Å². The summed E-state index contributed by atoms with van der Waals surface area (Å²) in [6, 6.07) is 5.63. The van der Waals surface area contributed by atoms with Crippen LogP contribution < -0.4 is 5.32 Å². The third kappa shape index (κ3) is 3.85. The Labute approximate surface area is 90.8 Å². The van der Waals surface area contributed by atoms with Crippen LogP contribution in [-0.2, 0) is 16.1 Å². The summed E-state index contributed by atoms with van der Waals surface area (Å²) in [6.07, 6.45) is 0. The molecule has 0 aliphatic rings. The van der Waals surface area contributed by atoms with Crippen molar-refractivity contribution in [1.82, 2.24) is 10.3 Å². The van der Waals surface area contributed by atoms with Gasteiger partial charge in [0.1, 0.15) is 4.60 Å². The van der Waals surface area contributed by atoms with Gasteiger partial charge in [0, 0.05) is 6.54 Å². The molecule has 1 heterocycles. The molecular formula is C9H11BrN2O2. The molecule has 1 rings (SSSR count). The van der Waals surface area contributed by atoms with E-state index < -0.39 is 0 Å². The van der Waals surface area contributed by atoms with Gasteiger partial charge in [-0.15, -0.1) is 0 Å². The standard InChI is InChI=1S/C9H11BrN2O2/c1-14-9(13)6-11-5-7-3-2-4-8(10)12-7/h2-4,11H,5-6H2,1H3. The van der Waals surface area contributed by atoms with Crippen molar-refractivity contribution in [2.75, 3.05) is 13.7 Å². The first-order chi connectivity index (χ1) is 6.72. The number of hydrogen-bond acceptors (Lipinski definition) is 4. The summed E-state index contributed by atoms with van der Waals surface area (Å²) in [5, 5.41) is 2.92. The van der Waals surface area contributed by atoms with E-state index in [1.165, 1.54) is 7.11 Å². The van der Waals surface area contributed by atoms with E-state index in [1.54, 1.807) is 0 Å². The Morgan fingerprint density at radius 3 is 3.07 bits per heavy atom. The molecular weight excluding hydrogens is 248 g/mol. The van der Waals surface area contributed by atoms with Crippen molar-refractivity contribution >= 4 is 21.9 Å². The molecule has 0 unspecified atom stereocenters. The molecule has 0 atom stereocenters. The molecule has 4 nitrogen and oxygen atoms in total. The number of aromatic nitrogens is 1. The Morgan fingerprint density at radius 1 is 1.64 bits per heavy atom. The Balaban J connectivity index is 2.35. The molecule has 1 aromatic rings. The van der Waals surface area contributed by atoms with Crippen LogP contribution in [0.4, 0.5) is 0 Å². The summed E-state index contributed by atoms with van der Waals surface area (Å²) in [5.74, 6) is -0.278. The van der Waals surface area contributed by atoms with Crippen LogP contribution >= 0.6 is 15.9 Å². The zero-order valence-corrected chi connectivity index (χ0v) is 9.37. The van der Waals surface area contributed by atoms with Crippen molar-refractivity contribution in [2.24, 2.45) is 0 Å². The monoisotopic (exact) mass is 258 g/mol. The molecule has 0 saturated carbocycles. The van der Waals surface area contributed by atoms with Gasteiger partial charge >= 0.3 is 5.97 Å². The number of carbonyl (C=O) groups is 1. The van der Waals surface area contributed by atoms with Crippen LogP contribution in [0, 0.1) is 0 Å². The van der Waals surface area contributed by atoms with Gasteiger partial charge in [-0.25, -0.2) is 4.98 Å². The smallest absolute Gasteiger partial charge is 0.319 e. The summed E-state index contributed by atoms with van der Waals surface area (Å²) in [6.45, 7) is 0.749. The third-order valence-electron chi connectivity index (χ3n) is 1.58. The molecule has 1 N–H and O–H groups in total. The summed E-state index contributed by atoms with van der Waals surface area (Å²) < 4.78 is 5.27. The fraction of sp³-hybridized carbons (Fsp3) is 0.333. The lowest BCUT2D eigenvalue weighted by molar-refractivity contribution is -0.139. The summed E-state index contributed by atoms with van der Waals surface area (Å²) >= 11 is 3.27. The highest BCUT2D eigenvalue weighted by Crippen LogP contribution is 2.05. The maximum atomic E-state index is 10.8. The Kier molecular flexibility index (Phi) is 4.55. The molecule has 0 amide bonds. The summed E-state index contributed by atoms with van der Waals surface area (Å²) in [7, 11) is 1.36. The molecule has 0 radical (unpaired) electrons. The van der Waals surface area contributed by atoms with Crippen LogP contribution in [-0.4, -0.2) is 24.6 Å². The maximum Gasteiger partial charge on any atom is 0.319 e. The largest absolute Gasteiger partial charge is 0.468 e. The van der Waals surface area contributed by atoms with Crippen LogP contribution in [0.25, 0.3) is 0 Å². The summed E-state index contributed by atoms with van der Waals surface area (Å²) in [5.41, 5.74) is 0.878. The average Bonchev–Trinajstić information content (AvgIpc) is 2.17. The van der Waals surface area contributed by atoms with Crippen LogP contribution in [0.1, 0.15) is 5.69 Å². The lowest BCUT2D eigenvalue weighted by Gasteiger charge is -2.02. The Bertz CT molecular complexity index is 317. The Morgan fingerprint density at radius 2 is 2.43 bits per heavy atom. The summed E-state index contributed by atoms with van der Waals surface area (Å²) in [4.78, 5) is 15.0.